The number of carbonyl (C=O) groups excluding carboxylic acids is 2. The SMILES string of the molecule is CO/N=C1\C[C@@H](C(=O)OC)N(C(=O)c2ccc(-c3ccc(F)cc3)cc2)C1. The second kappa shape index (κ2) is 7.99. The maximum Gasteiger partial charge on any atom is 0.329 e. The van der Waals surface area contributed by atoms with E-state index in [2.05, 4.69) is 5.16 Å². The van der Waals surface area contributed by atoms with Crippen LogP contribution in [-0.2, 0) is 14.4 Å². The van der Waals surface area contributed by atoms with Gasteiger partial charge in [0.15, 0.2) is 0 Å². The molecule has 1 fully saturated rings. The van der Waals surface area contributed by atoms with E-state index in [0.29, 0.717) is 11.3 Å². The van der Waals surface area contributed by atoms with Gasteiger partial charge in [0.25, 0.3) is 5.91 Å². The summed E-state index contributed by atoms with van der Waals surface area (Å²) in [4.78, 5) is 31.1. The van der Waals surface area contributed by atoms with Crippen LogP contribution in [-0.4, -0.2) is 49.3 Å². The van der Waals surface area contributed by atoms with Crippen LogP contribution in [0.3, 0.4) is 0 Å². The van der Waals surface area contributed by atoms with Crippen molar-refractivity contribution in [1.82, 2.24) is 4.90 Å². The monoisotopic (exact) mass is 370 g/mol. The van der Waals surface area contributed by atoms with Crippen molar-refractivity contribution in [2.24, 2.45) is 5.16 Å². The summed E-state index contributed by atoms with van der Waals surface area (Å²) in [6, 6.07) is 12.3. The fraction of sp³-hybridized carbons (Fsp3) is 0.250. The molecule has 1 saturated heterocycles. The number of esters is 1. The fourth-order valence-electron chi connectivity index (χ4n) is 3.07. The van der Waals surface area contributed by atoms with E-state index >= 15 is 0 Å². The molecule has 1 atom stereocenters. The largest absolute Gasteiger partial charge is 0.467 e. The van der Waals surface area contributed by atoms with Crippen LogP contribution in [0, 0.1) is 5.82 Å². The number of halogens is 1. The van der Waals surface area contributed by atoms with Gasteiger partial charge in [-0.3, -0.25) is 4.79 Å². The Morgan fingerprint density at radius 1 is 1.04 bits per heavy atom. The highest BCUT2D eigenvalue weighted by atomic mass is 19.1. The Balaban J connectivity index is 1.82. The zero-order valence-corrected chi connectivity index (χ0v) is 15.0. The molecule has 2 aromatic carbocycles. The van der Waals surface area contributed by atoms with Gasteiger partial charge in [-0.05, 0) is 35.4 Å². The number of carbonyl (C=O) groups is 2. The summed E-state index contributed by atoms with van der Waals surface area (Å²) in [6.45, 7) is 0.201. The van der Waals surface area contributed by atoms with Gasteiger partial charge < -0.3 is 14.5 Å². The second-order valence-electron chi connectivity index (χ2n) is 6.10. The Hall–Kier alpha value is -3.22. The standard InChI is InChI=1S/C20H19FN2O4/c1-26-20(25)18-11-17(22-27-2)12-23(18)19(24)15-5-3-13(4-6-15)14-7-9-16(21)10-8-14/h3-10,18H,11-12H2,1-2H3/b22-17+/t18-/m0/s1. The number of hydrogen-bond acceptors (Lipinski definition) is 5. The fourth-order valence-corrected chi connectivity index (χ4v) is 3.07. The van der Waals surface area contributed by atoms with Crippen LogP contribution < -0.4 is 0 Å². The Morgan fingerprint density at radius 2 is 1.63 bits per heavy atom. The molecule has 140 valence electrons. The molecule has 2 aromatic rings. The van der Waals surface area contributed by atoms with E-state index in [9.17, 15) is 14.0 Å². The molecule has 0 radical (unpaired) electrons. The Kier molecular flexibility index (Phi) is 5.49. The van der Waals surface area contributed by atoms with Crippen molar-refractivity contribution in [2.75, 3.05) is 20.8 Å². The maximum absolute atomic E-state index is 13.1. The summed E-state index contributed by atoms with van der Waals surface area (Å²) in [5.74, 6) is -1.09. The number of rotatable bonds is 4. The van der Waals surface area contributed by atoms with E-state index < -0.39 is 12.0 Å². The van der Waals surface area contributed by atoms with Crippen LogP contribution in [0.1, 0.15) is 16.8 Å². The van der Waals surface area contributed by atoms with Gasteiger partial charge in [0.05, 0.1) is 19.4 Å². The molecule has 0 saturated carbocycles. The van der Waals surface area contributed by atoms with Crippen LogP contribution in [0.2, 0.25) is 0 Å². The molecule has 0 N–H and O–H groups in total. The smallest absolute Gasteiger partial charge is 0.329 e. The van der Waals surface area contributed by atoms with Crippen LogP contribution in [0.4, 0.5) is 4.39 Å². The van der Waals surface area contributed by atoms with Gasteiger partial charge >= 0.3 is 5.97 Å². The molecule has 0 bridgehead atoms. The van der Waals surface area contributed by atoms with E-state index in [4.69, 9.17) is 9.57 Å². The third-order valence-electron chi connectivity index (χ3n) is 4.42. The van der Waals surface area contributed by atoms with Gasteiger partial charge in [0.2, 0.25) is 0 Å². The van der Waals surface area contributed by atoms with Gasteiger partial charge in [0.1, 0.15) is 19.0 Å². The zero-order valence-electron chi connectivity index (χ0n) is 15.0. The number of methoxy groups -OCH3 is 1. The number of nitrogens with zero attached hydrogens (tertiary/aromatic N) is 2. The topological polar surface area (TPSA) is 68.2 Å². The minimum atomic E-state index is -0.729. The number of benzene rings is 2. The summed E-state index contributed by atoms with van der Waals surface area (Å²) < 4.78 is 17.9. The van der Waals surface area contributed by atoms with Crippen LogP contribution in [0.25, 0.3) is 11.1 Å². The zero-order chi connectivity index (χ0) is 19.4. The van der Waals surface area contributed by atoms with Gasteiger partial charge in [-0.15, -0.1) is 0 Å². The number of likely N-dealkylation sites (tertiary alicyclic amines) is 1. The lowest BCUT2D eigenvalue weighted by molar-refractivity contribution is -0.145. The lowest BCUT2D eigenvalue weighted by atomic mass is 10.0. The quantitative estimate of drug-likeness (QED) is 0.613. The first-order chi connectivity index (χ1) is 13.0. The van der Waals surface area contributed by atoms with E-state index in [1.165, 1.54) is 31.3 Å². The highest BCUT2D eigenvalue weighted by molar-refractivity contribution is 6.04. The Morgan fingerprint density at radius 3 is 2.19 bits per heavy atom. The van der Waals surface area contributed by atoms with E-state index in [1.807, 2.05) is 0 Å². The summed E-state index contributed by atoms with van der Waals surface area (Å²) >= 11 is 0. The van der Waals surface area contributed by atoms with Crippen molar-refractivity contribution in [3.05, 3.63) is 59.9 Å². The molecule has 1 heterocycles. The molecule has 1 aliphatic rings. The van der Waals surface area contributed by atoms with Crippen molar-refractivity contribution in [3.8, 4) is 11.1 Å². The molecule has 0 unspecified atom stereocenters. The summed E-state index contributed by atoms with van der Waals surface area (Å²) in [5, 5.41) is 3.86. The molecule has 0 spiro atoms. The van der Waals surface area contributed by atoms with Crippen molar-refractivity contribution in [1.29, 1.82) is 0 Å². The first kappa shape index (κ1) is 18.6. The van der Waals surface area contributed by atoms with Gasteiger partial charge in [-0.2, -0.15) is 0 Å². The molecule has 1 aliphatic heterocycles. The van der Waals surface area contributed by atoms with E-state index in [1.54, 1.807) is 36.4 Å². The molecule has 0 aromatic heterocycles. The van der Waals surface area contributed by atoms with Crippen molar-refractivity contribution >= 4 is 17.6 Å². The average Bonchev–Trinajstić information content (AvgIpc) is 3.12. The molecule has 27 heavy (non-hydrogen) atoms. The Bertz CT molecular complexity index is 863. The van der Waals surface area contributed by atoms with Crippen molar-refractivity contribution in [3.63, 3.8) is 0 Å². The predicted molar refractivity (Wildman–Crippen MR) is 97.7 cm³/mol. The third-order valence-corrected chi connectivity index (χ3v) is 4.42. The summed E-state index contributed by atoms with van der Waals surface area (Å²) in [5.41, 5.74) is 2.75. The minimum absolute atomic E-state index is 0.201. The second-order valence-corrected chi connectivity index (χ2v) is 6.10. The van der Waals surface area contributed by atoms with Crippen molar-refractivity contribution in [2.45, 2.75) is 12.5 Å². The lowest BCUT2D eigenvalue weighted by Crippen LogP contribution is -2.41. The molecule has 0 aliphatic carbocycles. The van der Waals surface area contributed by atoms with Crippen LogP contribution in [0.15, 0.2) is 53.7 Å². The summed E-state index contributed by atoms with van der Waals surface area (Å²) in [7, 11) is 2.70. The number of amides is 1. The first-order valence-electron chi connectivity index (χ1n) is 8.37. The maximum atomic E-state index is 13.1. The predicted octanol–water partition coefficient (Wildman–Crippen LogP) is 2.88. The minimum Gasteiger partial charge on any atom is -0.467 e. The Labute approximate surface area is 156 Å². The highest BCUT2D eigenvalue weighted by Gasteiger charge is 2.39. The van der Waals surface area contributed by atoms with E-state index in [0.717, 1.165) is 11.1 Å². The number of ether oxygens (including phenoxy) is 1. The molecular formula is C20H19FN2O4. The third kappa shape index (κ3) is 3.97. The lowest BCUT2D eigenvalue weighted by Gasteiger charge is -2.22. The normalized spacial score (nSPS) is 17.8. The first-order valence-corrected chi connectivity index (χ1v) is 8.37. The average molecular weight is 370 g/mol. The van der Waals surface area contributed by atoms with Crippen LogP contribution in [0.5, 0.6) is 0 Å². The molecular weight excluding hydrogens is 351 g/mol. The molecule has 1 amide bonds. The van der Waals surface area contributed by atoms with Gasteiger partial charge in [0, 0.05) is 12.0 Å². The molecule has 7 heteroatoms. The number of hydrogen-bond donors (Lipinski definition) is 0. The van der Waals surface area contributed by atoms with E-state index in [-0.39, 0.29) is 24.7 Å². The van der Waals surface area contributed by atoms with Crippen molar-refractivity contribution < 1.29 is 23.6 Å². The number of oxime groups is 1. The molecule has 3 rings (SSSR count). The van der Waals surface area contributed by atoms with Gasteiger partial charge in [-0.1, -0.05) is 29.4 Å². The molecule has 6 nitrogen and oxygen atoms in total. The summed E-state index contributed by atoms with van der Waals surface area (Å²) in [6.07, 6.45) is 0.278. The highest BCUT2D eigenvalue weighted by Crippen LogP contribution is 2.23. The van der Waals surface area contributed by atoms with Gasteiger partial charge in [-0.25, -0.2) is 9.18 Å². The van der Waals surface area contributed by atoms with Crippen LogP contribution >= 0.6 is 0 Å².